The fourth-order valence-corrected chi connectivity index (χ4v) is 6.97. The minimum Gasteiger partial charge on any atom is -0.508 e. The van der Waals surface area contributed by atoms with E-state index >= 15 is 0 Å². The van der Waals surface area contributed by atoms with Gasteiger partial charge in [0.1, 0.15) is 5.75 Å². The number of phenolic OH excluding ortho intramolecular Hbond substituents is 1. The third-order valence-electron chi connectivity index (χ3n) is 4.15. The minimum absolute atomic E-state index is 0.0988. The van der Waals surface area contributed by atoms with Crippen LogP contribution in [-0.2, 0) is 4.79 Å². The molecule has 2 atom stereocenters. The second-order valence-corrected chi connectivity index (χ2v) is 8.98. The molecule has 1 amide bonds. The van der Waals surface area contributed by atoms with Crippen LogP contribution in [-0.4, -0.2) is 43.8 Å². The van der Waals surface area contributed by atoms with Gasteiger partial charge in [0.05, 0.1) is 10.0 Å². The van der Waals surface area contributed by atoms with Crippen molar-refractivity contribution in [3.8, 4) is 5.75 Å². The summed E-state index contributed by atoms with van der Waals surface area (Å²) in [7, 11) is -1.32. The fourth-order valence-electron chi connectivity index (χ4n) is 3.18. The predicted octanol–water partition coefficient (Wildman–Crippen LogP) is 1.88. The Labute approximate surface area is 129 Å². The molecule has 0 saturated carbocycles. The quantitative estimate of drug-likeness (QED) is 0.773. The van der Waals surface area contributed by atoms with E-state index in [1.807, 2.05) is 4.57 Å². The molecule has 2 N–H and O–H groups in total. The monoisotopic (exact) mass is 330 g/mol. The van der Waals surface area contributed by atoms with Crippen molar-refractivity contribution in [1.29, 1.82) is 0 Å². The summed E-state index contributed by atoms with van der Waals surface area (Å²) in [6.07, 6.45) is 1.49. The first kappa shape index (κ1) is 14.2. The van der Waals surface area contributed by atoms with Crippen LogP contribution in [0.4, 0.5) is 0 Å². The van der Waals surface area contributed by atoms with Crippen molar-refractivity contribution in [3.05, 3.63) is 27.7 Å². The van der Waals surface area contributed by atoms with Crippen LogP contribution in [0, 0.1) is 0 Å². The molecule has 0 spiro atoms. The van der Waals surface area contributed by atoms with E-state index in [1.165, 1.54) is 0 Å². The molecule has 0 unspecified atom stereocenters. The molecule has 108 valence electrons. The van der Waals surface area contributed by atoms with Gasteiger partial charge >= 0.3 is 0 Å². The van der Waals surface area contributed by atoms with Crippen molar-refractivity contribution in [2.75, 3.05) is 19.3 Å². The van der Waals surface area contributed by atoms with E-state index in [0.717, 1.165) is 18.8 Å². The Morgan fingerprint density at radius 3 is 3.00 bits per heavy atom. The third-order valence-corrected chi connectivity index (χ3v) is 8.22. The topological polar surface area (TPSA) is 52.6 Å². The molecule has 0 radical (unpaired) electrons. The number of hydrogen-bond donors (Lipinski definition) is 2. The van der Waals surface area contributed by atoms with Gasteiger partial charge in [-0.1, -0.05) is 23.2 Å². The lowest BCUT2D eigenvalue weighted by atomic mass is 9.99. The Balaban J connectivity index is 1.91. The molecule has 2 fully saturated rings. The molecule has 0 bridgehead atoms. The lowest BCUT2D eigenvalue weighted by Crippen LogP contribution is -2.41. The molecule has 20 heavy (non-hydrogen) atoms. The number of nitrogens with one attached hydrogen (secondary N) is 1. The normalized spacial score (nSPS) is 26.5. The van der Waals surface area contributed by atoms with Crippen LogP contribution in [0.5, 0.6) is 5.75 Å². The number of rotatable bonds is 1. The van der Waals surface area contributed by atoms with E-state index in [9.17, 15) is 9.90 Å². The third kappa shape index (κ3) is 2.43. The highest BCUT2D eigenvalue weighted by atomic mass is 35.5. The average Bonchev–Trinajstić information content (AvgIpc) is 2.76. The Morgan fingerprint density at radius 2 is 2.20 bits per heavy atom. The molecule has 2 aliphatic rings. The zero-order valence-electron chi connectivity index (χ0n) is 10.9. The van der Waals surface area contributed by atoms with Crippen molar-refractivity contribution < 1.29 is 9.90 Å². The maximum absolute atomic E-state index is 12.1. The van der Waals surface area contributed by atoms with Crippen LogP contribution in [0.25, 0.3) is 0 Å². The van der Waals surface area contributed by atoms with Crippen LogP contribution < -0.4 is 5.32 Å². The first-order valence-corrected chi connectivity index (χ1v) is 9.65. The summed E-state index contributed by atoms with van der Waals surface area (Å²) in [5, 5.41) is 14.3. The Hall–Kier alpha value is -0.753. The standard InChI is InChI=1S/C13H16Cl2N2O2Si/c14-9-1-2-10(18)12(13(9)15)8-5-17-11(19)3-4-16-7-20(17)6-8/h1-2,8,16,18,20H,3-7H2/t8-,20+/m1/s1. The number of fused-ring (bicyclic) bond motifs is 1. The molecule has 0 aromatic heterocycles. The van der Waals surface area contributed by atoms with E-state index in [0.29, 0.717) is 28.6 Å². The number of phenols is 1. The summed E-state index contributed by atoms with van der Waals surface area (Å²) in [5.74, 6) is 0.505. The number of carbonyl (C=O) groups is 1. The number of aromatic hydroxyl groups is 1. The van der Waals surface area contributed by atoms with Crippen LogP contribution >= 0.6 is 23.2 Å². The predicted molar refractivity (Wildman–Crippen MR) is 82.0 cm³/mol. The van der Waals surface area contributed by atoms with Crippen molar-refractivity contribution in [1.82, 2.24) is 9.88 Å². The van der Waals surface area contributed by atoms with E-state index in [1.54, 1.807) is 12.1 Å². The molecule has 2 aliphatic heterocycles. The molecule has 2 saturated heterocycles. The van der Waals surface area contributed by atoms with E-state index in [4.69, 9.17) is 23.2 Å². The van der Waals surface area contributed by atoms with Gasteiger partial charge in [0, 0.05) is 37.2 Å². The van der Waals surface area contributed by atoms with Crippen molar-refractivity contribution in [3.63, 3.8) is 0 Å². The number of amides is 1. The maximum atomic E-state index is 12.1. The van der Waals surface area contributed by atoms with E-state index in [-0.39, 0.29) is 17.6 Å². The summed E-state index contributed by atoms with van der Waals surface area (Å²) >= 11 is 12.3. The van der Waals surface area contributed by atoms with Crippen LogP contribution in [0.2, 0.25) is 16.1 Å². The summed E-state index contributed by atoms with van der Waals surface area (Å²) < 4.78 is 2.04. The van der Waals surface area contributed by atoms with Crippen LogP contribution in [0.3, 0.4) is 0 Å². The lowest BCUT2D eigenvalue weighted by Gasteiger charge is -2.20. The van der Waals surface area contributed by atoms with E-state index < -0.39 is 8.96 Å². The molecule has 4 nitrogen and oxygen atoms in total. The molecular formula is C13H16Cl2N2O2Si. The van der Waals surface area contributed by atoms with Gasteiger partial charge in [-0.05, 0) is 18.2 Å². The van der Waals surface area contributed by atoms with Crippen molar-refractivity contribution in [2.24, 2.45) is 0 Å². The highest BCUT2D eigenvalue weighted by Gasteiger charge is 2.39. The van der Waals surface area contributed by atoms with Gasteiger partial charge < -0.3 is 15.0 Å². The fraction of sp³-hybridized carbons (Fsp3) is 0.462. The molecule has 7 heteroatoms. The number of hydrogen-bond acceptors (Lipinski definition) is 3. The largest absolute Gasteiger partial charge is 0.508 e. The highest BCUT2D eigenvalue weighted by Crippen LogP contribution is 2.42. The molecule has 1 aromatic rings. The first-order chi connectivity index (χ1) is 9.58. The number of carbonyl (C=O) groups excluding carboxylic acids is 1. The molecular weight excluding hydrogens is 315 g/mol. The summed E-state index contributed by atoms with van der Waals surface area (Å²) in [5.41, 5.74) is 0.701. The molecule has 1 aromatic carbocycles. The minimum atomic E-state index is -1.32. The van der Waals surface area contributed by atoms with Gasteiger partial charge in [0.2, 0.25) is 5.91 Å². The molecule has 2 heterocycles. The summed E-state index contributed by atoms with van der Waals surface area (Å²) in [4.78, 5) is 12.1. The maximum Gasteiger partial charge on any atom is 0.215 e. The Bertz CT molecular complexity index is 555. The zero-order chi connectivity index (χ0) is 14.3. The van der Waals surface area contributed by atoms with Gasteiger partial charge in [0.15, 0.2) is 8.96 Å². The van der Waals surface area contributed by atoms with Gasteiger partial charge in [-0.25, -0.2) is 0 Å². The second-order valence-electron chi connectivity index (χ2n) is 5.38. The highest BCUT2D eigenvalue weighted by molar-refractivity contribution is 6.60. The first-order valence-electron chi connectivity index (χ1n) is 6.75. The van der Waals surface area contributed by atoms with Gasteiger partial charge in [-0.15, -0.1) is 0 Å². The Morgan fingerprint density at radius 1 is 1.40 bits per heavy atom. The van der Waals surface area contributed by atoms with E-state index in [2.05, 4.69) is 5.32 Å². The summed E-state index contributed by atoms with van der Waals surface area (Å²) in [6.45, 7) is 1.43. The number of halogens is 2. The number of nitrogens with zero attached hydrogens (tertiary/aromatic N) is 1. The lowest BCUT2D eigenvalue weighted by molar-refractivity contribution is -0.126. The van der Waals surface area contributed by atoms with Gasteiger partial charge in [-0.3, -0.25) is 4.79 Å². The SMILES string of the molecule is O=C1CCNC[Si@@H]2C[C@H](c3c(O)ccc(Cl)c3Cl)CN12. The average molecular weight is 331 g/mol. The van der Waals surface area contributed by atoms with Crippen molar-refractivity contribution in [2.45, 2.75) is 18.4 Å². The second kappa shape index (κ2) is 5.56. The van der Waals surface area contributed by atoms with Crippen molar-refractivity contribution >= 4 is 38.1 Å². The molecule has 0 aliphatic carbocycles. The summed E-state index contributed by atoms with van der Waals surface area (Å²) in [6, 6.07) is 4.11. The smallest absolute Gasteiger partial charge is 0.215 e. The molecule has 3 rings (SSSR count). The van der Waals surface area contributed by atoms with Crippen LogP contribution in [0.1, 0.15) is 17.9 Å². The van der Waals surface area contributed by atoms with Gasteiger partial charge in [0.25, 0.3) is 0 Å². The Kier molecular flexibility index (Phi) is 3.95. The van der Waals surface area contributed by atoms with Crippen LogP contribution in [0.15, 0.2) is 12.1 Å². The zero-order valence-corrected chi connectivity index (χ0v) is 13.6. The van der Waals surface area contributed by atoms with Gasteiger partial charge in [-0.2, -0.15) is 0 Å². The number of benzene rings is 1.